The highest BCUT2D eigenvalue weighted by molar-refractivity contribution is 6.35. The summed E-state index contributed by atoms with van der Waals surface area (Å²) in [5, 5.41) is 4.02. The quantitative estimate of drug-likeness (QED) is 0.413. The summed E-state index contributed by atoms with van der Waals surface area (Å²) in [5.74, 6) is 1.38. The van der Waals surface area contributed by atoms with E-state index in [-0.39, 0.29) is 17.9 Å². The van der Waals surface area contributed by atoms with Crippen LogP contribution in [-0.2, 0) is 11.2 Å². The molecule has 1 aromatic heterocycles. The van der Waals surface area contributed by atoms with Crippen LogP contribution in [0.15, 0.2) is 24.4 Å². The van der Waals surface area contributed by atoms with Crippen molar-refractivity contribution in [1.82, 2.24) is 30.0 Å². The van der Waals surface area contributed by atoms with Gasteiger partial charge in [0.2, 0.25) is 11.8 Å². The molecule has 0 saturated carbocycles. The van der Waals surface area contributed by atoms with Crippen LogP contribution in [0.4, 0.5) is 4.79 Å². The Bertz CT molecular complexity index is 1200. The normalized spacial score (nSPS) is 17.5. The lowest BCUT2D eigenvalue weighted by Crippen LogP contribution is -2.54. The zero-order chi connectivity index (χ0) is 29.5. The third-order valence-electron chi connectivity index (χ3n) is 8.19. The molecule has 2 saturated heterocycles. The predicted molar refractivity (Wildman–Crippen MR) is 162 cm³/mol. The maximum atomic E-state index is 13.8. The van der Waals surface area contributed by atoms with Gasteiger partial charge in [-0.05, 0) is 76.7 Å². The Labute approximate surface area is 253 Å². The first kappa shape index (κ1) is 31.3. The van der Waals surface area contributed by atoms with Crippen molar-refractivity contribution in [3.05, 3.63) is 51.4 Å². The third-order valence-corrected chi connectivity index (χ3v) is 8.78. The number of hydrogen-bond acceptors (Lipinski definition) is 6. The summed E-state index contributed by atoms with van der Waals surface area (Å²) < 4.78 is 6.23. The predicted octanol–water partition coefficient (Wildman–Crippen LogP) is 4.93. The third kappa shape index (κ3) is 8.23. The highest BCUT2D eigenvalue weighted by Gasteiger charge is 2.33. The first-order valence-electron chi connectivity index (χ1n) is 14.6. The van der Waals surface area contributed by atoms with Gasteiger partial charge in [0.05, 0.1) is 0 Å². The molecule has 2 atom stereocenters. The molecular weight excluding hydrogens is 563 g/mol. The minimum atomic E-state index is -0.725. The number of aryl methyl sites for hydroxylation is 1. The van der Waals surface area contributed by atoms with Gasteiger partial charge in [0.25, 0.3) is 0 Å². The fourth-order valence-electron chi connectivity index (χ4n) is 5.56. The number of benzene rings is 1. The van der Waals surface area contributed by atoms with E-state index in [1.165, 1.54) is 0 Å². The molecule has 2 aliphatic rings. The number of likely N-dealkylation sites (N-methyl/N-ethyl adjacent to an activating group) is 1. The van der Waals surface area contributed by atoms with Crippen molar-refractivity contribution in [3.63, 3.8) is 0 Å². The molecule has 11 heteroatoms. The molecule has 2 aliphatic heterocycles. The van der Waals surface area contributed by atoms with E-state index >= 15 is 0 Å². The summed E-state index contributed by atoms with van der Waals surface area (Å²) in [6, 6.07) is 4.59. The standard InChI is InChI=1S/C30H42Cl2N6O3/c1-5-24(36(3)4)19-41-28-25(18-33-20(2)34-28)21-10-14-37(15-11-21)29(39)27(35-30(40)38-12-6-7-13-38)16-22-8-9-23(31)17-26(22)32/h8-9,17-18,21,24,27H,5-7,10-16,19H2,1-4H3,(H,35,40)/t24-,27-/m1/s1. The van der Waals surface area contributed by atoms with E-state index < -0.39 is 6.04 Å². The molecule has 1 aromatic carbocycles. The Balaban J connectivity index is 1.45. The van der Waals surface area contributed by atoms with E-state index in [1.54, 1.807) is 17.0 Å². The molecule has 0 spiro atoms. The first-order valence-corrected chi connectivity index (χ1v) is 15.3. The van der Waals surface area contributed by atoms with Crippen LogP contribution in [0.5, 0.6) is 5.88 Å². The summed E-state index contributed by atoms with van der Waals surface area (Å²) in [6.45, 7) is 7.11. The molecule has 2 fully saturated rings. The van der Waals surface area contributed by atoms with Crippen LogP contribution in [0.2, 0.25) is 10.0 Å². The molecule has 1 N–H and O–H groups in total. The van der Waals surface area contributed by atoms with Gasteiger partial charge in [0, 0.05) is 60.4 Å². The number of nitrogens with one attached hydrogen (secondary N) is 1. The molecule has 0 bridgehead atoms. The van der Waals surface area contributed by atoms with Gasteiger partial charge in [-0.2, -0.15) is 4.98 Å². The minimum absolute atomic E-state index is 0.101. The summed E-state index contributed by atoms with van der Waals surface area (Å²) in [5.41, 5.74) is 1.76. The van der Waals surface area contributed by atoms with Crippen molar-refractivity contribution >= 4 is 35.1 Å². The molecular formula is C30H42Cl2N6O3. The summed E-state index contributed by atoms with van der Waals surface area (Å²) >= 11 is 12.5. The number of ether oxygens (including phenoxy) is 1. The number of halogens is 2. The van der Waals surface area contributed by atoms with E-state index in [4.69, 9.17) is 27.9 Å². The van der Waals surface area contributed by atoms with Crippen LogP contribution in [0.25, 0.3) is 0 Å². The Hall–Kier alpha value is -2.62. The Morgan fingerprint density at radius 1 is 1.12 bits per heavy atom. The SMILES string of the molecule is CC[C@H](COc1nc(C)ncc1C1CCN(C(=O)[C@@H](Cc2ccc(Cl)cc2Cl)NC(=O)N2CCCC2)CC1)N(C)C. The Morgan fingerprint density at radius 2 is 1.83 bits per heavy atom. The number of amides is 3. The van der Waals surface area contributed by atoms with E-state index in [0.717, 1.165) is 43.2 Å². The lowest BCUT2D eigenvalue weighted by molar-refractivity contribution is -0.134. The van der Waals surface area contributed by atoms with Crippen molar-refractivity contribution in [3.8, 4) is 5.88 Å². The van der Waals surface area contributed by atoms with Crippen molar-refractivity contribution in [1.29, 1.82) is 0 Å². The van der Waals surface area contributed by atoms with Crippen molar-refractivity contribution in [2.45, 2.75) is 70.4 Å². The van der Waals surface area contributed by atoms with Crippen LogP contribution >= 0.6 is 23.2 Å². The average Bonchev–Trinajstić information content (AvgIpc) is 3.49. The van der Waals surface area contributed by atoms with Gasteiger partial charge in [-0.15, -0.1) is 0 Å². The number of carbonyl (C=O) groups is 2. The van der Waals surface area contributed by atoms with Crippen molar-refractivity contribution in [2.75, 3.05) is 46.9 Å². The van der Waals surface area contributed by atoms with Crippen LogP contribution in [0.3, 0.4) is 0 Å². The maximum absolute atomic E-state index is 13.8. The van der Waals surface area contributed by atoms with Crippen LogP contribution < -0.4 is 10.1 Å². The molecule has 0 aliphatic carbocycles. The monoisotopic (exact) mass is 604 g/mol. The van der Waals surface area contributed by atoms with Gasteiger partial charge in [-0.25, -0.2) is 9.78 Å². The van der Waals surface area contributed by atoms with Crippen molar-refractivity contribution in [2.24, 2.45) is 0 Å². The smallest absolute Gasteiger partial charge is 0.318 e. The number of piperidine rings is 1. The number of nitrogens with zero attached hydrogens (tertiary/aromatic N) is 5. The minimum Gasteiger partial charge on any atom is -0.476 e. The largest absolute Gasteiger partial charge is 0.476 e. The van der Waals surface area contributed by atoms with Gasteiger partial charge in [-0.3, -0.25) is 4.79 Å². The molecule has 224 valence electrons. The topological polar surface area (TPSA) is 90.9 Å². The fourth-order valence-corrected chi connectivity index (χ4v) is 6.05. The lowest BCUT2D eigenvalue weighted by Gasteiger charge is -2.35. The molecule has 3 amide bonds. The molecule has 0 radical (unpaired) electrons. The first-order chi connectivity index (χ1) is 19.7. The van der Waals surface area contributed by atoms with Crippen LogP contribution in [-0.4, -0.2) is 95.6 Å². The second-order valence-corrected chi connectivity index (χ2v) is 12.1. The zero-order valence-corrected chi connectivity index (χ0v) is 26.0. The van der Waals surface area contributed by atoms with Gasteiger partial charge in [0.1, 0.15) is 18.5 Å². The molecule has 4 rings (SSSR count). The molecule has 41 heavy (non-hydrogen) atoms. The Kier molecular flexibility index (Phi) is 11.1. The van der Waals surface area contributed by atoms with Gasteiger partial charge in [0.15, 0.2) is 0 Å². The highest BCUT2D eigenvalue weighted by Crippen LogP contribution is 2.33. The maximum Gasteiger partial charge on any atom is 0.318 e. The van der Waals surface area contributed by atoms with E-state index in [1.807, 2.05) is 24.1 Å². The summed E-state index contributed by atoms with van der Waals surface area (Å²) in [7, 11) is 4.11. The van der Waals surface area contributed by atoms with Crippen LogP contribution in [0, 0.1) is 6.92 Å². The molecule has 9 nitrogen and oxygen atoms in total. The van der Waals surface area contributed by atoms with Crippen LogP contribution in [0.1, 0.15) is 61.9 Å². The highest BCUT2D eigenvalue weighted by atomic mass is 35.5. The van der Waals surface area contributed by atoms with Crippen molar-refractivity contribution < 1.29 is 14.3 Å². The summed E-state index contributed by atoms with van der Waals surface area (Å²) in [6.07, 6.45) is 6.61. The summed E-state index contributed by atoms with van der Waals surface area (Å²) in [4.78, 5) is 41.7. The molecule has 3 heterocycles. The van der Waals surface area contributed by atoms with Gasteiger partial charge < -0.3 is 24.8 Å². The number of hydrogen-bond donors (Lipinski definition) is 1. The molecule has 2 aromatic rings. The lowest BCUT2D eigenvalue weighted by atomic mass is 9.90. The molecule has 0 unspecified atom stereocenters. The van der Waals surface area contributed by atoms with E-state index in [0.29, 0.717) is 67.0 Å². The van der Waals surface area contributed by atoms with Gasteiger partial charge in [-0.1, -0.05) is 36.2 Å². The number of likely N-dealkylation sites (tertiary alicyclic amines) is 2. The zero-order valence-electron chi connectivity index (χ0n) is 24.5. The average molecular weight is 606 g/mol. The second kappa shape index (κ2) is 14.5. The van der Waals surface area contributed by atoms with E-state index in [2.05, 4.69) is 41.2 Å². The Morgan fingerprint density at radius 3 is 2.46 bits per heavy atom. The number of carbonyl (C=O) groups excluding carboxylic acids is 2. The second-order valence-electron chi connectivity index (χ2n) is 11.3. The van der Waals surface area contributed by atoms with Gasteiger partial charge >= 0.3 is 6.03 Å². The van der Waals surface area contributed by atoms with E-state index in [9.17, 15) is 9.59 Å². The number of urea groups is 1. The number of aromatic nitrogens is 2. The fraction of sp³-hybridized carbons (Fsp3) is 0.600. The number of rotatable bonds is 10.